The minimum atomic E-state index is -0.787. The Morgan fingerprint density at radius 2 is 2.00 bits per heavy atom. The van der Waals surface area contributed by atoms with Crippen LogP contribution in [0.3, 0.4) is 0 Å². The van der Waals surface area contributed by atoms with Crippen LogP contribution in [0.4, 0.5) is 0 Å². The van der Waals surface area contributed by atoms with Crippen LogP contribution < -0.4 is 0 Å². The zero-order chi connectivity index (χ0) is 13.8. The number of halogens is 1. The number of carbonyl (C=O) groups excluding carboxylic acids is 1. The molecule has 0 amide bonds. The van der Waals surface area contributed by atoms with Crippen molar-refractivity contribution in [1.82, 2.24) is 4.90 Å². The van der Waals surface area contributed by atoms with Crippen LogP contribution in [-0.2, 0) is 0 Å². The topological polar surface area (TPSA) is 40.5 Å². The monoisotopic (exact) mass is 313 g/mol. The molecule has 0 heterocycles. The average Bonchev–Trinajstić information content (AvgIpc) is 2.26. The van der Waals surface area contributed by atoms with Gasteiger partial charge in [0.05, 0.1) is 12.1 Å². The molecule has 100 valence electrons. The summed E-state index contributed by atoms with van der Waals surface area (Å²) in [5, 5.41) is 9.79. The Morgan fingerprint density at radius 3 is 2.50 bits per heavy atom. The highest BCUT2D eigenvalue weighted by Crippen LogP contribution is 2.17. The van der Waals surface area contributed by atoms with Crippen LogP contribution in [0.1, 0.15) is 31.1 Å². The molecule has 0 bridgehead atoms. The molecule has 0 fully saturated rings. The third-order valence-corrected chi connectivity index (χ3v) is 3.29. The molecule has 0 aliphatic carbocycles. The van der Waals surface area contributed by atoms with E-state index in [9.17, 15) is 9.90 Å². The highest BCUT2D eigenvalue weighted by molar-refractivity contribution is 9.10. The fourth-order valence-corrected chi connectivity index (χ4v) is 2.31. The van der Waals surface area contributed by atoms with Gasteiger partial charge in [0.25, 0.3) is 0 Å². The van der Waals surface area contributed by atoms with Gasteiger partial charge in [-0.05, 0) is 26.5 Å². The van der Waals surface area contributed by atoms with Crippen LogP contribution in [-0.4, -0.2) is 41.0 Å². The van der Waals surface area contributed by atoms with E-state index in [1.54, 1.807) is 13.8 Å². The summed E-state index contributed by atoms with van der Waals surface area (Å²) in [6, 6.07) is 7.41. The first-order valence-corrected chi connectivity index (χ1v) is 6.85. The number of hydrogen-bond acceptors (Lipinski definition) is 3. The fourth-order valence-electron chi connectivity index (χ4n) is 1.80. The third kappa shape index (κ3) is 4.88. The second-order valence-electron chi connectivity index (χ2n) is 5.02. The normalized spacial score (nSPS) is 11.9. The summed E-state index contributed by atoms with van der Waals surface area (Å²) in [4.78, 5) is 14.1. The van der Waals surface area contributed by atoms with Crippen molar-refractivity contribution >= 4 is 21.7 Å². The Labute approximate surface area is 117 Å². The van der Waals surface area contributed by atoms with E-state index in [0.29, 0.717) is 18.7 Å². The molecule has 3 nitrogen and oxygen atoms in total. The maximum atomic E-state index is 12.2. The summed E-state index contributed by atoms with van der Waals surface area (Å²) in [6.07, 6.45) is 0. The van der Waals surface area contributed by atoms with E-state index in [1.807, 2.05) is 36.1 Å². The second kappa shape index (κ2) is 6.45. The summed E-state index contributed by atoms with van der Waals surface area (Å²) >= 11 is 3.38. The van der Waals surface area contributed by atoms with Gasteiger partial charge in [0.1, 0.15) is 0 Å². The number of ketones is 1. The summed E-state index contributed by atoms with van der Waals surface area (Å²) < 4.78 is 0.814. The number of nitrogens with zero attached hydrogens (tertiary/aromatic N) is 1. The van der Waals surface area contributed by atoms with Gasteiger partial charge in [-0.1, -0.05) is 41.1 Å². The standard InChI is InChI=1S/C14H20BrNO2/c1-4-16(10-14(2,3)18)9-13(17)11-7-5-6-8-12(11)15/h5-8,18H,4,9-10H2,1-3H3. The molecule has 4 heteroatoms. The van der Waals surface area contributed by atoms with Gasteiger partial charge in [0.15, 0.2) is 5.78 Å². The van der Waals surface area contributed by atoms with Gasteiger partial charge in [0, 0.05) is 16.6 Å². The first kappa shape index (κ1) is 15.3. The summed E-state index contributed by atoms with van der Waals surface area (Å²) in [5.41, 5.74) is -0.101. The Balaban J connectivity index is 2.71. The van der Waals surface area contributed by atoms with Gasteiger partial charge < -0.3 is 5.11 Å². The van der Waals surface area contributed by atoms with Gasteiger partial charge in [-0.2, -0.15) is 0 Å². The van der Waals surface area contributed by atoms with E-state index in [-0.39, 0.29) is 5.78 Å². The molecule has 0 radical (unpaired) electrons. The van der Waals surface area contributed by atoms with Crippen molar-refractivity contribution in [2.45, 2.75) is 26.4 Å². The van der Waals surface area contributed by atoms with Crippen LogP contribution in [0.5, 0.6) is 0 Å². The molecule has 1 rings (SSSR count). The third-order valence-electron chi connectivity index (χ3n) is 2.60. The molecule has 1 aromatic carbocycles. The molecule has 0 aliphatic rings. The predicted molar refractivity (Wildman–Crippen MR) is 76.9 cm³/mol. The van der Waals surface area contributed by atoms with Gasteiger partial charge in [-0.3, -0.25) is 9.69 Å². The molecule has 0 atom stereocenters. The lowest BCUT2D eigenvalue weighted by Gasteiger charge is -2.27. The van der Waals surface area contributed by atoms with Crippen molar-refractivity contribution in [3.63, 3.8) is 0 Å². The minimum absolute atomic E-state index is 0.0635. The highest BCUT2D eigenvalue weighted by atomic mass is 79.9. The van der Waals surface area contributed by atoms with E-state index in [1.165, 1.54) is 0 Å². The number of rotatable bonds is 6. The zero-order valence-corrected chi connectivity index (χ0v) is 12.7. The lowest BCUT2D eigenvalue weighted by molar-refractivity contribution is 0.0376. The Morgan fingerprint density at radius 1 is 1.39 bits per heavy atom. The zero-order valence-electron chi connectivity index (χ0n) is 11.1. The molecule has 0 saturated heterocycles. The van der Waals surface area contributed by atoms with Crippen molar-refractivity contribution < 1.29 is 9.90 Å². The van der Waals surface area contributed by atoms with Crippen molar-refractivity contribution in [3.8, 4) is 0 Å². The lowest BCUT2D eigenvalue weighted by Crippen LogP contribution is -2.41. The van der Waals surface area contributed by atoms with E-state index >= 15 is 0 Å². The second-order valence-corrected chi connectivity index (χ2v) is 5.87. The summed E-state index contributed by atoms with van der Waals surface area (Å²) in [6.45, 7) is 7.03. The summed E-state index contributed by atoms with van der Waals surface area (Å²) in [7, 11) is 0. The first-order chi connectivity index (χ1) is 8.33. The van der Waals surface area contributed by atoms with Crippen molar-refractivity contribution in [1.29, 1.82) is 0 Å². The maximum absolute atomic E-state index is 12.2. The largest absolute Gasteiger partial charge is 0.389 e. The van der Waals surface area contributed by atoms with Crippen LogP contribution in [0, 0.1) is 0 Å². The average molecular weight is 314 g/mol. The molecular formula is C14H20BrNO2. The van der Waals surface area contributed by atoms with Gasteiger partial charge >= 0.3 is 0 Å². The molecule has 0 aliphatic heterocycles. The number of carbonyl (C=O) groups is 1. The SMILES string of the molecule is CCN(CC(=O)c1ccccc1Br)CC(C)(C)O. The van der Waals surface area contributed by atoms with Crippen LogP contribution in [0.25, 0.3) is 0 Å². The molecule has 1 N–H and O–H groups in total. The highest BCUT2D eigenvalue weighted by Gasteiger charge is 2.20. The predicted octanol–water partition coefficient (Wildman–Crippen LogP) is 2.72. The van der Waals surface area contributed by atoms with Crippen LogP contribution in [0.15, 0.2) is 28.7 Å². The number of Topliss-reactive ketones (excluding diaryl/α,β-unsaturated/α-hetero) is 1. The van der Waals surface area contributed by atoms with E-state index < -0.39 is 5.60 Å². The smallest absolute Gasteiger partial charge is 0.177 e. The Kier molecular flexibility index (Phi) is 5.50. The number of hydrogen-bond donors (Lipinski definition) is 1. The maximum Gasteiger partial charge on any atom is 0.177 e. The molecular weight excluding hydrogens is 294 g/mol. The Hall–Kier alpha value is -0.710. The van der Waals surface area contributed by atoms with Crippen molar-refractivity contribution in [3.05, 3.63) is 34.3 Å². The molecule has 0 saturated carbocycles. The Bertz CT molecular complexity index is 413. The van der Waals surface area contributed by atoms with Crippen LogP contribution >= 0.6 is 15.9 Å². The molecule has 0 spiro atoms. The van der Waals surface area contributed by atoms with Gasteiger partial charge in [-0.25, -0.2) is 0 Å². The first-order valence-electron chi connectivity index (χ1n) is 6.06. The van der Waals surface area contributed by atoms with Gasteiger partial charge in [0.2, 0.25) is 0 Å². The van der Waals surface area contributed by atoms with Crippen molar-refractivity contribution in [2.24, 2.45) is 0 Å². The van der Waals surface area contributed by atoms with E-state index in [0.717, 1.165) is 11.0 Å². The number of benzene rings is 1. The molecule has 18 heavy (non-hydrogen) atoms. The lowest BCUT2D eigenvalue weighted by atomic mass is 10.1. The number of likely N-dealkylation sites (N-methyl/N-ethyl adjacent to an activating group) is 1. The summed E-state index contributed by atoms with van der Waals surface area (Å²) in [5.74, 6) is 0.0635. The van der Waals surface area contributed by atoms with Crippen molar-refractivity contribution in [2.75, 3.05) is 19.6 Å². The molecule has 1 aromatic rings. The molecule has 0 unspecified atom stereocenters. The fraction of sp³-hybridized carbons (Fsp3) is 0.500. The van der Waals surface area contributed by atoms with Gasteiger partial charge in [-0.15, -0.1) is 0 Å². The molecule has 0 aromatic heterocycles. The van der Waals surface area contributed by atoms with E-state index in [2.05, 4.69) is 15.9 Å². The van der Waals surface area contributed by atoms with Crippen LogP contribution in [0.2, 0.25) is 0 Å². The minimum Gasteiger partial charge on any atom is -0.389 e. The number of aliphatic hydroxyl groups is 1. The van der Waals surface area contributed by atoms with E-state index in [4.69, 9.17) is 0 Å². The quantitative estimate of drug-likeness (QED) is 0.821.